The van der Waals surface area contributed by atoms with Gasteiger partial charge in [0.2, 0.25) is 0 Å². The maximum Gasteiger partial charge on any atom is 0.166 e. The molecule has 40 heavy (non-hydrogen) atoms. The molecule has 3 aromatic carbocycles. The van der Waals surface area contributed by atoms with E-state index < -0.39 is 11.6 Å². The highest BCUT2D eigenvalue weighted by Gasteiger charge is 2.29. The Labute approximate surface area is 236 Å². The Hall–Kier alpha value is -3.31. The molecule has 1 N–H and O–H groups in total. The molecule has 1 saturated carbocycles. The molecule has 0 saturated heterocycles. The molecule has 2 nitrogen and oxygen atoms in total. The van der Waals surface area contributed by atoms with Crippen molar-refractivity contribution in [3.8, 4) is 16.9 Å². The molecule has 1 aliphatic rings. The minimum atomic E-state index is -0.840. The minimum absolute atomic E-state index is 0.0246. The Morgan fingerprint density at radius 3 is 2.38 bits per heavy atom. The summed E-state index contributed by atoms with van der Waals surface area (Å²) in [6.07, 6.45) is 11.4. The second kappa shape index (κ2) is 14.4. The molecule has 0 heterocycles. The number of halogens is 3. The highest BCUT2D eigenvalue weighted by Crippen LogP contribution is 2.39. The summed E-state index contributed by atoms with van der Waals surface area (Å²) in [6.45, 7) is 6.24. The topological polar surface area (TPSA) is 29.5 Å². The summed E-state index contributed by atoms with van der Waals surface area (Å²) in [5.74, 6) is -1.27. The normalized spacial score (nSPS) is 18.1. The van der Waals surface area contributed by atoms with Crippen LogP contribution in [0.1, 0.15) is 80.9 Å². The lowest BCUT2D eigenvalue weighted by Gasteiger charge is -2.32. The monoisotopic (exact) mass is 548 g/mol. The summed E-state index contributed by atoms with van der Waals surface area (Å²) in [7, 11) is 0. The van der Waals surface area contributed by atoms with Gasteiger partial charge in [0, 0.05) is 17.2 Å². The number of hydrogen-bond acceptors (Lipinski definition) is 2. The van der Waals surface area contributed by atoms with E-state index in [4.69, 9.17) is 4.74 Å². The number of aliphatic hydroxyl groups excluding tert-OH is 1. The van der Waals surface area contributed by atoms with Crippen molar-refractivity contribution in [1.29, 1.82) is 0 Å². The number of unbranched alkanes of at least 4 members (excludes halogenated alkanes) is 1. The Morgan fingerprint density at radius 1 is 0.950 bits per heavy atom. The zero-order valence-corrected chi connectivity index (χ0v) is 23.2. The van der Waals surface area contributed by atoms with Crippen LogP contribution in [0.3, 0.4) is 0 Å². The van der Waals surface area contributed by atoms with Crippen molar-refractivity contribution in [1.82, 2.24) is 0 Å². The van der Waals surface area contributed by atoms with E-state index in [1.807, 2.05) is 18.2 Å². The Balaban J connectivity index is 1.38. The fourth-order valence-corrected chi connectivity index (χ4v) is 5.57. The SMILES string of the molecule is C=CCCCOc1ccc(-c2ccc(/C=C/c3ccc(C4CCC(C(O)CCC)CC4)c(F)c3F)cc2)c(F)c1. The Bertz CT molecular complexity index is 1290. The molecule has 0 radical (unpaired) electrons. The summed E-state index contributed by atoms with van der Waals surface area (Å²) in [5.41, 5.74) is 2.59. The maximum absolute atomic E-state index is 15.1. The summed E-state index contributed by atoms with van der Waals surface area (Å²) in [5, 5.41) is 10.3. The van der Waals surface area contributed by atoms with E-state index in [2.05, 4.69) is 13.5 Å². The first kappa shape index (κ1) is 29.7. The second-order valence-electron chi connectivity index (χ2n) is 10.7. The molecule has 0 aromatic heterocycles. The average molecular weight is 549 g/mol. The third kappa shape index (κ3) is 7.45. The number of ether oxygens (including phenoxy) is 1. The molecule has 3 aromatic rings. The van der Waals surface area contributed by atoms with Gasteiger partial charge in [-0.3, -0.25) is 0 Å². The second-order valence-corrected chi connectivity index (χ2v) is 10.7. The Kier molecular flexibility index (Phi) is 10.7. The van der Waals surface area contributed by atoms with Crippen LogP contribution in [-0.4, -0.2) is 17.8 Å². The summed E-state index contributed by atoms with van der Waals surface area (Å²) in [6, 6.07) is 15.4. The molecule has 1 unspecified atom stereocenters. The van der Waals surface area contributed by atoms with Gasteiger partial charge in [-0.05, 0) is 85.6 Å². The van der Waals surface area contributed by atoms with Gasteiger partial charge in [-0.25, -0.2) is 13.2 Å². The van der Waals surface area contributed by atoms with E-state index in [-0.39, 0.29) is 29.3 Å². The first-order valence-corrected chi connectivity index (χ1v) is 14.4. The van der Waals surface area contributed by atoms with Gasteiger partial charge < -0.3 is 9.84 Å². The summed E-state index contributed by atoms with van der Waals surface area (Å²) in [4.78, 5) is 0. The number of hydrogen-bond donors (Lipinski definition) is 1. The van der Waals surface area contributed by atoms with Gasteiger partial charge in [0.05, 0.1) is 12.7 Å². The van der Waals surface area contributed by atoms with E-state index in [0.717, 1.165) is 56.9 Å². The lowest BCUT2D eigenvalue weighted by molar-refractivity contribution is 0.0727. The van der Waals surface area contributed by atoms with Gasteiger partial charge in [-0.15, -0.1) is 6.58 Å². The molecule has 0 spiro atoms. The van der Waals surface area contributed by atoms with Crippen molar-refractivity contribution in [3.05, 3.63) is 101 Å². The van der Waals surface area contributed by atoms with Crippen LogP contribution < -0.4 is 4.74 Å². The van der Waals surface area contributed by atoms with Crippen LogP contribution in [0.25, 0.3) is 23.3 Å². The lowest BCUT2D eigenvalue weighted by Crippen LogP contribution is -2.25. The van der Waals surface area contributed by atoms with Gasteiger partial charge in [-0.1, -0.05) is 68.0 Å². The smallest absolute Gasteiger partial charge is 0.166 e. The maximum atomic E-state index is 15.1. The predicted molar refractivity (Wildman–Crippen MR) is 158 cm³/mol. The molecule has 212 valence electrons. The van der Waals surface area contributed by atoms with Crippen LogP contribution in [0.5, 0.6) is 5.75 Å². The third-order valence-corrected chi connectivity index (χ3v) is 7.92. The zero-order valence-electron chi connectivity index (χ0n) is 23.2. The number of allylic oxidation sites excluding steroid dienone is 1. The van der Waals surface area contributed by atoms with E-state index in [0.29, 0.717) is 29.0 Å². The molecule has 1 atom stereocenters. The summed E-state index contributed by atoms with van der Waals surface area (Å²) < 4.78 is 50.3. The fourth-order valence-electron chi connectivity index (χ4n) is 5.57. The standard InChI is InChI=1S/C35H39F3O2/c1-3-5-6-22-40-29-19-21-30(32(36)23-29)25-11-8-24(9-12-25)10-13-28-18-20-31(35(38)34(28)37)26-14-16-27(17-15-26)33(39)7-4-2/h3,8-13,18-21,23,26-27,33,39H,1,4-7,14-17,22H2,2H3/b13-10+. The van der Waals surface area contributed by atoms with Crippen molar-refractivity contribution in [2.45, 2.75) is 70.3 Å². The zero-order chi connectivity index (χ0) is 28.5. The molecule has 0 bridgehead atoms. The summed E-state index contributed by atoms with van der Waals surface area (Å²) >= 11 is 0. The highest BCUT2D eigenvalue weighted by atomic mass is 19.2. The third-order valence-electron chi connectivity index (χ3n) is 7.92. The van der Waals surface area contributed by atoms with Crippen LogP contribution in [0.2, 0.25) is 0 Å². The molecule has 0 amide bonds. The van der Waals surface area contributed by atoms with Crippen LogP contribution in [-0.2, 0) is 0 Å². The van der Waals surface area contributed by atoms with Crippen molar-refractivity contribution < 1.29 is 23.0 Å². The predicted octanol–water partition coefficient (Wildman–Crippen LogP) is 9.72. The average Bonchev–Trinajstić information content (AvgIpc) is 2.97. The molecule has 4 rings (SSSR count). The number of aliphatic hydroxyl groups is 1. The first-order chi connectivity index (χ1) is 19.4. The highest BCUT2D eigenvalue weighted by molar-refractivity contribution is 5.73. The lowest BCUT2D eigenvalue weighted by atomic mass is 9.76. The molecule has 5 heteroatoms. The van der Waals surface area contributed by atoms with Gasteiger partial charge in [0.25, 0.3) is 0 Å². The van der Waals surface area contributed by atoms with Crippen LogP contribution in [0.4, 0.5) is 13.2 Å². The quantitative estimate of drug-likeness (QED) is 0.139. The van der Waals surface area contributed by atoms with Crippen molar-refractivity contribution in [3.63, 3.8) is 0 Å². The number of rotatable bonds is 12. The van der Waals surface area contributed by atoms with Gasteiger partial charge in [-0.2, -0.15) is 0 Å². The Morgan fingerprint density at radius 2 is 1.70 bits per heavy atom. The fraction of sp³-hybridized carbons (Fsp3) is 0.371. The van der Waals surface area contributed by atoms with E-state index >= 15 is 4.39 Å². The van der Waals surface area contributed by atoms with Crippen molar-refractivity contribution in [2.24, 2.45) is 5.92 Å². The van der Waals surface area contributed by atoms with E-state index in [1.165, 1.54) is 6.07 Å². The van der Waals surface area contributed by atoms with Crippen LogP contribution in [0.15, 0.2) is 67.3 Å². The van der Waals surface area contributed by atoms with Gasteiger partial charge >= 0.3 is 0 Å². The van der Waals surface area contributed by atoms with Crippen LogP contribution >= 0.6 is 0 Å². The van der Waals surface area contributed by atoms with Gasteiger partial charge in [0.1, 0.15) is 11.6 Å². The van der Waals surface area contributed by atoms with E-state index in [1.54, 1.807) is 48.6 Å². The van der Waals surface area contributed by atoms with Crippen molar-refractivity contribution >= 4 is 12.2 Å². The minimum Gasteiger partial charge on any atom is -0.493 e. The first-order valence-electron chi connectivity index (χ1n) is 14.4. The largest absolute Gasteiger partial charge is 0.493 e. The van der Waals surface area contributed by atoms with Crippen molar-refractivity contribution in [2.75, 3.05) is 6.61 Å². The molecular weight excluding hydrogens is 509 g/mol. The molecule has 1 fully saturated rings. The molecule has 0 aliphatic heterocycles. The molecule has 1 aliphatic carbocycles. The van der Waals surface area contributed by atoms with E-state index in [9.17, 15) is 13.9 Å². The number of benzene rings is 3. The van der Waals surface area contributed by atoms with Crippen LogP contribution in [0, 0.1) is 23.4 Å². The molecular formula is C35H39F3O2. The van der Waals surface area contributed by atoms with Gasteiger partial charge in [0.15, 0.2) is 11.6 Å².